The Balaban J connectivity index is 2.81. The van der Waals surface area contributed by atoms with Gasteiger partial charge in [-0.3, -0.25) is 14.4 Å². The lowest BCUT2D eigenvalue weighted by Crippen LogP contribution is -2.21. The highest BCUT2D eigenvalue weighted by atomic mass is 19.4. The van der Waals surface area contributed by atoms with Crippen LogP contribution in [0.4, 0.5) is 13.2 Å². The molecule has 0 fully saturated rings. The number of esters is 4. The molecular weight excluding hydrogens is 533 g/mol. The van der Waals surface area contributed by atoms with E-state index in [9.17, 15) is 32.3 Å². The van der Waals surface area contributed by atoms with Gasteiger partial charge in [-0.2, -0.15) is 13.2 Å². The third-order valence-electron chi connectivity index (χ3n) is 5.23. The molecule has 0 aliphatic rings. The smallest absolute Gasteiger partial charge is 0.420 e. The predicted molar refractivity (Wildman–Crippen MR) is 139 cm³/mol. The third-order valence-corrected chi connectivity index (χ3v) is 5.23. The van der Waals surface area contributed by atoms with Gasteiger partial charge in [-0.1, -0.05) is 54.2 Å². The van der Waals surface area contributed by atoms with Crippen LogP contribution < -0.4 is 18.9 Å². The Morgan fingerprint density at radius 1 is 0.675 bits per heavy atom. The van der Waals surface area contributed by atoms with Crippen molar-refractivity contribution in [2.45, 2.75) is 54.6 Å². The van der Waals surface area contributed by atoms with Crippen LogP contribution in [0.5, 0.6) is 23.0 Å². The van der Waals surface area contributed by atoms with Gasteiger partial charge in [0, 0.05) is 5.57 Å². The number of hydrogen-bond donors (Lipinski definition) is 0. The number of rotatable bonds is 9. The Morgan fingerprint density at radius 2 is 1.15 bits per heavy atom. The van der Waals surface area contributed by atoms with Crippen molar-refractivity contribution >= 4 is 23.9 Å². The van der Waals surface area contributed by atoms with Gasteiger partial charge in [-0.15, -0.1) is 0 Å². The topological polar surface area (TPSA) is 105 Å². The van der Waals surface area contributed by atoms with Gasteiger partial charge >= 0.3 is 30.1 Å². The molecule has 0 aliphatic carbocycles. The molecule has 0 heterocycles. The SMILES string of the molecule is C=C(C)C(=O)Oc1ccc(-c2cc(OC(=O)C(C)C)c(OC(=O)C(C)C)c(C(F)(F)F)c2)cc1OC(=O)C(C)C. The molecule has 0 amide bonds. The molecule has 0 saturated carbocycles. The van der Waals surface area contributed by atoms with Crippen LogP contribution in [0.15, 0.2) is 42.5 Å². The molecule has 2 aromatic carbocycles. The highest BCUT2D eigenvalue weighted by molar-refractivity contribution is 5.90. The number of carbonyl (C=O) groups is 4. The van der Waals surface area contributed by atoms with Crippen LogP contribution in [0.25, 0.3) is 11.1 Å². The summed E-state index contributed by atoms with van der Waals surface area (Å²) in [5, 5.41) is 0. The molecule has 0 saturated heterocycles. The van der Waals surface area contributed by atoms with E-state index >= 15 is 0 Å². The second-order valence-corrected chi connectivity index (χ2v) is 9.91. The Kier molecular flexibility index (Phi) is 10.3. The van der Waals surface area contributed by atoms with Crippen LogP contribution in [0.1, 0.15) is 54.0 Å². The van der Waals surface area contributed by atoms with Gasteiger partial charge < -0.3 is 18.9 Å². The normalized spacial score (nSPS) is 11.4. The van der Waals surface area contributed by atoms with Gasteiger partial charge in [-0.25, -0.2) is 4.79 Å². The number of ether oxygens (including phenoxy) is 4. The van der Waals surface area contributed by atoms with E-state index in [1.54, 1.807) is 13.8 Å². The van der Waals surface area contributed by atoms with Crippen molar-refractivity contribution in [3.05, 3.63) is 48.0 Å². The summed E-state index contributed by atoms with van der Waals surface area (Å²) in [6.45, 7) is 13.9. The first-order chi connectivity index (χ1) is 18.4. The summed E-state index contributed by atoms with van der Waals surface area (Å²) >= 11 is 0. The average Bonchev–Trinajstić information content (AvgIpc) is 2.84. The van der Waals surface area contributed by atoms with Crippen molar-refractivity contribution in [2.24, 2.45) is 17.8 Å². The summed E-state index contributed by atoms with van der Waals surface area (Å²) in [5.74, 6) is -7.39. The second kappa shape index (κ2) is 12.8. The number of hydrogen-bond acceptors (Lipinski definition) is 8. The van der Waals surface area contributed by atoms with Crippen LogP contribution in [-0.4, -0.2) is 23.9 Å². The molecule has 0 spiro atoms. The zero-order chi connectivity index (χ0) is 30.5. The van der Waals surface area contributed by atoms with E-state index in [0.717, 1.165) is 6.07 Å². The fourth-order valence-corrected chi connectivity index (χ4v) is 2.87. The van der Waals surface area contributed by atoms with Gasteiger partial charge in [0.05, 0.1) is 17.8 Å². The maximum atomic E-state index is 14.2. The first-order valence-electron chi connectivity index (χ1n) is 12.3. The minimum absolute atomic E-state index is 0.0585. The van der Waals surface area contributed by atoms with Crippen LogP contribution in [0.2, 0.25) is 0 Å². The Hall–Kier alpha value is -4.15. The second-order valence-electron chi connectivity index (χ2n) is 9.91. The molecule has 0 radical (unpaired) electrons. The molecule has 11 heteroatoms. The van der Waals surface area contributed by atoms with Crippen molar-refractivity contribution in [2.75, 3.05) is 0 Å². The molecule has 40 heavy (non-hydrogen) atoms. The summed E-state index contributed by atoms with van der Waals surface area (Å²) in [4.78, 5) is 49.1. The summed E-state index contributed by atoms with van der Waals surface area (Å²) in [6.07, 6.45) is -5.02. The van der Waals surface area contributed by atoms with E-state index in [4.69, 9.17) is 18.9 Å². The summed E-state index contributed by atoms with van der Waals surface area (Å²) in [7, 11) is 0. The molecule has 216 valence electrons. The van der Waals surface area contributed by atoms with Crippen molar-refractivity contribution in [3.8, 4) is 34.1 Å². The molecule has 0 aromatic heterocycles. The summed E-state index contributed by atoms with van der Waals surface area (Å²) in [5.41, 5.74) is -1.36. The molecule has 8 nitrogen and oxygen atoms in total. The van der Waals surface area contributed by atoms with E-state index in [2.05, 4.69) is 6.58 Å². The third kappa shape index (κ3) is 8.17. The largest absolute Gasteiger partial charge is 0.422 e. The first kappa shape index (κ1) is 32.1. The van der Waals surface area contributed by atoms with Crippen molar-refractivity contribution < 1.29 is 51.3 Å². The molecule has 0 aliphatic heterocycles. The molecule has 2 aromatic rings. The van der Waals surface area contributed by atoms with E-state index in [1.165, 1.54) is 52.8 Å². The van der Waals surface area contributed by atoms with Crippen molar-refractivity contribution in [1.29, 1.82) is 0 Å². The van der Waals surface area contributed by atoms with E-state index in [0.29, 0.717) is 6.07 Å². The lowest BCUT2D eigenvalue weighted by molar-refractivity contribution is -0.146. The summed E-state index contributed by atoms with van der Waals surface area (Å²) in [6, 6.07) is 5.56. The van der Waals surface area contributed by atoms with Gasteiger partial charge in [-0.05, 0) is 42.3 Å². The van der Waals surface area contributed by atoms with Gasteiger partial charge in [0.25, 0.3) is 0 Å². The monoisotopic (exact) mass is 564 g/mol. The molecule has 0 bridgehead atoms. The van der Waals surface area contributed by atoms with Gasteiger partial charge in [0.2, 0.25) is 0 Å². The van der Waals surface area contributed by atoms with E-state index in [-0.39, 0.29) is 28.2 Å². The Bertz CT molecular complexity index is 1320. The van der Waals surface area contributed by atoms with E-state index in [1.807, 2.05) is 0 Å². The number of halogens is 3. The van der Waals surface area contributed by atoms with Gasteiger partial charge in [0.1, 0.15) is 5.56 Å². The molecule has 0 atom stereocenters. The highest BCUT2D eigenvalue weighted by Gasteiger charge is 2.38. The van der Waals surface area contributed by atoms with Crippen LogP contribution in [0, 0.1) is 17.8 Å². The lowest BCUT2D eigenvalue weighted by atomic mass is 10.0. The van der Waals surface area contributed by atoms with Crippen molar-refractivity contribution in [3.63, 3.8) is 0 Å². The fourth-order valence-electron chi connectivity index (χ4n) is 2.87. The van der Waals surface area contributed by atoms with Crippen LogP contribution in [0.3, 0.4) is 0 Å². The maximum Gasteiger partial charge on any atom is 0.420 e. The zero-order valence-electron chi connectivity index (χ0n) is 23.2. The van der Waals surface area contributed by atoms with Crippen LogP contribution in [-0.2, 0) is 25.4 Å². The fraction of sp³-hybridized carbons (Fsp3) is 0.379. The summed E-state index contributed by atoms with van der Waals surface area (Å²) < 4.78 is 63.5. The zero-order valence-corrected chi connectivity index (χ0v) is 23.2. The average molecular weight is 565 g/mol. The maximum absolute atomic E-state index is 14.2. The molecule has 0 N–H and O–H groups in total. The highest BCUT2D eigenvalue weighted by Crippen LogP contribution is 2.46. The Morgan fingerprint density at radius 3 is 1.62 bits per heavy atom. The quantitative estimate of drug-likeness (QED) is 0.192. The number of alkyl halides is 3. The molecule has 0 unspecified atom stereocenters. The lowest BCUT2D eigenvalue weighted by Gasteiger charge is -2.20. The van der Waals surface area contributed by atoms with Gasteiger partial charge in [0.15, 0.2) is 23.0 Å². The minimum Gasteiger partial charge on any atom is -0.422 e. The molecule has 2 rings (SSSR count). The predicted octanol–water partition coefficient (Wildman–Crippen LogP) is 6.54. The minimum atomic E-state index is -5.02. The Labute approximate surface area is 230 Å². The number of benzene rings is 2. The standard InChI is InChI=1S/C29H31F3O8/c1-14(2)25(33)37-21-10-9-18(12-22(21)38-26(34)15(3)4)19-11-20(29(30,31)32)24(40-28(36)17(7)8)23(13-19)39-27(35)16(5)6/h9-13,15-17H,1H2,2-8H3. The number of carbonyl (C=O) groups excluding carboxylic acids is 4. The van der Waals surface area contributed by atoms with Crippen LogP contribution >= 0.6 is 0 Å². The van der Waals surface area contributed by atoms with Crippen molar-refractivity contribution in [1.82, 2.24) is 0 Å². The molecular formula is C29H31F3O8. The first-order valence-corrected chi connectivity index (χ1v) is 12.3. The van der Waals surface area contributed by atoms with E-state index < -0.39 is 64.9 Å².